The zero-order valence-electron chi connectivity index (χ0n) is 12.9. The summed E-state index contributed by atoms with van der Waals surface area (Å²) in [5.74, 6) is 1.56. The maximum atomic E-state index is 12.4. The van der Waals surface area contributed by atoms with E-state index in [9.17, 15) is 4.79 Å². The Morgan fingerprint density at radius 2 is 2.05 bits per heavy atom. The van der Waals surface area contributed by atoms with Gasteiger partial charge < -0.3 is 0 Å². The van der Waals surface area contributed by atoms with Gasteiger partial charge in [0.05, 0.1) is 5.69 Å². The van der Waals surface area contributed by atoms with Crippen LogP contribution in [0.15, 0.2) is 18.3 Å². The van der Waals surface area contributed by atoms with Gasteiger partial charge in [-0.15, -0.1) is 0 Å². The monoisotopic (exact) mass is 273 g/mol. The lowest BCUT2D eigenvalue weighted by molar-refractivity contribution is -0.123. The molecule has 0 N–H and O–H groups in total. The molecule has 0 aromatic carbocycles. The van der Waals surface area contributed by atoms with Crippen LogP contribution in [-0.2, 0) is 11.2 Å². The zero-order chi connectivity index (χ0) is 14.4. The Balaban J connectivity index is 1.82. The van der Waals surface area contributed by atoms with E-state index in [1.807, 2.05) is 19.1 Å². The summed E-state index contributed by atoms with van der Waals surface area (Å²) in [6.45, 7) is 4.29. The number of nitrogens with zero attached hydrogens (tertiary/aromatic N) is 1. The maximum Gasteiger partial charge on any atom is 0.141 e. The third-order valence-corrected chi connectivity index (χ3v) is 4.73. The number of carbonyl (C=O) groups is 1. The molecule has 1 fully saturated rings. The van der Waals surface area contributed by atoms with E-state index in [2.05, 4.69) is 11.9 Å². The van der Waals surface area contributed by atoms with Crippen LogP contribution in [0.25, 0.3) is 0 Å². The number of hydrogen-bond donors (Lipinski definition) is 0. The minimum atomic E-state index is 0.286. The van der Waals surface area contributed by atoms with Crippen molar-refractivity contribution in [2.45, 2.75) is 65.2 Å². The van der Waals surface area contributed by atoms with Crippen LogP contribution in [0.5, 0.6) is 0 Å². The Morgan fingerprint density at radius 1 is 1.30 bits per heavy atom. The average Bonchev–Trinajstić information content (AvgIpc) is 2.48. The smallest absolute Gasteiger partial charge is 0.141 e. The summed E-state index contributed by atoms with van der Waals surface area (Å²) in [7, 11) is 0. The minimum Gasteiger partial charge on any atom is -0.299 e. The SMILES string of the molecule is CCCCC1CCC(C(=O)Cc2ncccc2C)CC1. The van der Waals surface area contributed by atoms with Crippen molar-refractivity contribution in [3.05, 3.63) is 29.6 Å². The quantitative estimate of drug-likeness (QED) is 0.764. The van der Waals surface area contributed by atoms with Gasteiger partial charge in [-0.05, 0) is 50.2 Å². The highest BCUT2D eigenvalue weighted by molar-refractivity contribution is 5.83. The van der Waals surface area contributed by atoms with E-state index in [-0.39, 0.29) is 5.92 Å². The van der Waals surface area contributed by atoms with Gasteiger partial charge in [-0.2, -0.15) is 0 Å². The molecule has 1 aliphatic carbocycles. The van der Waals surface area contributed by atoms with Gasteiger partial charge in [-0.3, -0.25) is 9.78 Å². The van der Waals surface area contributed by atoms with E-state index < -0.39 is 0 Å². The molecule has 0 bridgehead atoms. The van der Waals surface area contributed by atoms with Crippen LogP contribution >= 0.6 is 0 Å². The van der Waals surface area contributed by atoms with Crippen molar-refractivity contribution in [2.75, 3.05) is 0 Å². The second kappa shape index (κ2) is 7.56. The molecule has 2 heteroatoms. The van der Waals surface area contributed by atoms with Gasteiger partial charge >= 0.3 is 0 Å². The largest absolute Gasteiger partial charge is 0.299 e. The van der Waals surface area contributed by atoms with Crippen LogP contribution in [0.1, 0.15) is 63.1 Å². The summed E-state index contributed by atoms with van der Waals surface area (Å²) >= 11 is 0. The standard InChI is InChI=1S/C18H27NO/c1-3-4-7-15-8-10-16(11-9-15)18(20)13-17-14(2)6-5-12-19-17/h5-6,12,15-16H,3-4,7-11,13H2,1-2H3. The van der Waals surface area contributed by atoms with Gasteiger partial charge in [0, 0.05) is 18.5 Å². The third-order valence-electron chi connectivity index (χ3n) is 4.73. The summed E-state index contributed by atoms with van der Waals surface area (Å²) in [5.41, 5.74) is 2.10. The summed E-state index contributed by atoms with van der Waals surface area (Å²) in [4.78, 5) is 16.7. The van der Waals surface area contributed by atoms with Crippen molar-refractivity contribution in [1.29, 1.82) is 0 Å². The molecule has 1 aliphatic rings. The van der Waals surface area contributed by atoms with Crippen molar-refractivity contribution in [3.63, 3.8) is 0 Å². The number of hydrogen-bond acceptors (Lipinski definition) is 2. The molecule has 1 saturated carbocycles. The van der Waals surface area contributed by atoms with Crippen LogP contribution in [0.4, 0.5) is 0 Å². The maximum absolute atomic E-state index is 12.4. The number of Topliss-reactive ketones (excluding diaryl/α,β-unsaturated/α-hetero) is 1. The molecular weight excluding hydrogens is 246 g/mol. The normalized spacial score (nSPS) is 22.7. The molecule has 20 heavy (non-hydrogen) atoms. The van der Waals surface area contributed by atoms with E-state index in [4.69, 9.17) is 0 Å². The first-order valence-electron chi connectivity index (χ1n) is 8.14. The topological polar surface area (TPSA) is 30.0 Å². The van der Waals surface area contributed by atoms with Gasteiger partial charge in [0.1, 0.15) is 5.78 Å². The molecule has 0 saturated heterocycles. The fourth-order valence-electron chi connectivity index (χ4n) is 3.28. The van der Waals surface area contributed by atoms with Crippen molar-refractivity contribution in [3.8, 4) is 0 Å². The minimum absolute atomic E-state index is 0.286. The molecule has 0 aliphatic heterocycles. The Labute approximate surface area is 123 Å². The van der Waals surface area contributed by atoms with Gasteiger partial charge in [-0.1, -0.05) is 32.3 Å². The number of rotatable bonds is 6. The van der Waals surface area contributed by atoms with Crippen LogP contribution < -0.4 is 0 Å². The Bertz CT molecular complexity index is 433. The van der Waals surface area contributed by atoms with E-state index >= 15 is 0 Å². The molecule has 0 amide bonds. The highest BCUT2D eigenvalue weighted by Crippen LogP contribution is 2.32. The van der Waals surface area contributed by atoms with Crippen molar-refractivity contribution >= 4 is 5.78 Å². The molecule has 0 unspecified atom stereocenters. The fraction of sp³-hybridized carbons (Fsp3) is 0.667. The predicted molar refractivity (Wildman–Crippen MR) is 82.7 cm³/mol. The Kier molecular flexibility index (Phi) is 5.75. The predicted octanol–water partition coefficient (Wildman–Crippen LogP) is 4.50. The highest BCUT2D eigenvalue weighted by Gasteiger charge is 2.26. The number of unbranched alkanes of at least 4 members (excludes halogenated alkanes) is 1. The van der Waals surface area contributed by atoms with Gasteiger partial charge in [-0.25, -0.2) is 0 Å². The van der Waals surface area contributed by atoms with E-state index in [1.165, 1.54) is 32.1 Å². The van der Waals surface area contributed by atoms with Crippen LogP contribution in [0.2, 0.25) is 0 Å². The van der Waals surface area contributed by atoms with Crippen molar-refractivity contribution in [1.82, 2.24) is 4.98 Å². The van der Waals surface area contributed by atoms with E-state index in [0.717, 1.165) is 30.0 Å². The summed E-state index contributed by atoms with van der Waals surface area (Å²) < 4.78 is 0. The molecule has 1 aromatic heterocycles. The summed E-state index contributed by atoms with van der Waals surface area (Å²) in [6, 6.07) is 3.97. The average molecular weight is 273 g/mol. The van der Waals surface area contributed by atoms with Crippen molar-refractivity contribution in [2.24, 2.45) is 11.8 Å². The molecule has 110 valence electrons. The first-order valence-corrected chi connectivity index (χ1v) is 8.14. The number of pyridine rings is 1. The lowest BCUT2D eigenvalue weighted by Gasteiger charge is -2.27. The van der Waals surface area contributed by atoms with Gasteiger partial charge in [0.25, 0.3) is 0 Å². The van der Waals surface area contributed by atoms with Crippen LogP contribution in [0.3, 0.4) is 0 Å². The second-order valence-corrected chi connectivity index (χ2v) is 6.27. The Morgan fingerprint density at radius 3 is 2.70 bits per heavy atom. The van der Waals surface area contributed by atoms with Crippen LogP contribution in [-0.4, -0.2) is 10.8 Å². The van der Waals surface area contributed by atoms with Gasteiger partial charge in [0.2, 0.25) is 0 Å². The molecule has 1 aromatic rings. The van der Waals surface area contributed by atoms with Crippen molar-refractivity contribution < 1.29 is 4.79 Å². The number of carbonyl (C=O) groups excluding carboxylic acids is 1. The summed E-state index contributed by atoms with van der Waals surface area (Å²) in [6.07, 6.45) is 11.0. The fourth-order valence-corrected chi connectivity index (χ4v) is 3.28. The molecule has 0 atom stereocenters. The first-order chi connectivity index (χ1) is 9.70. The lowest BCUT2D eigenvalue weighted by atomic mass is 9.77. The number of ketones is 1. The van der Waals surface area contributed by atoms with Gasteiger partial charge in [0.15, 0.2) is 0 Å². The van der Waals surface area contributed by atoms with E-state index in [1.54, 1.807) is 6.20 Å². The molecule has 0 radical (unpaired) electrons. The first kappa shape index (κ1) is 15.2. The highest BCUT2D eigenvalue weighted by atomic mass is 16.1. The zero-order valence-corrected chi connectivity index (χ0v) is 12.9. The molecule has 2 rings (SSSR count). The lowest BCUT2D eigenvalue weighted by Crippen LogP contribution is -2.23. The molecular formula is C18H27NO. The number of aryl methyl sites for hydroxylation is 1. The molecule has 2 nitrogen and oxygen atoms in total. The molecule has 0 spiro atoms. The second-order valence-electron chi connectivity index (χ2n) is 6.27. The van der Waals surface area contributed by atoms with E-state index in [0.29, 0.717) is 12.2 Å². The van der Waals surface area contributed by atoms with Crippen LogP contribution in [0, 0.1) is 18.8 Å². The molecule has 1 heterocycles. The summed E-state index contributed by atoms with van der Waals surface area (Å²) in [5, 5.41) is 0. The third kappa shape index (κ3) is 4.16. The Hall–Kier alpha value is -1.18. The number of aromatic nitrogens is 1.